The fourth-order valence-corrected chi connectivity index (χ4v) is 0.0713. The van der Waals surface area contributed by atoms with Crippen molar-refractivity contribution in [2.24, 2.45) is 0 Å². The molecule has 0 aromatic carbocycles. The minimum absolute atomic E-state index is 0.792. The van der Waals surface area contributed by atoms with Crippen LogP contribution < -0.4 is 0 Å². The van der Waals surface area contributed by atoms with Crippen LogP contribution in [0.15, 0.2) is 0 Å². The summed E-state index contributed by atoms with van der Waals surface area (Å²) in [6, 6.07) is 0. The largest absolute Gasteiger partial charge is 0.479 e. The van der Waals surface area contributed by atoms with Crippen molar-refractivity contribution in [1.82, 2.24) is 0 Å². The molecule has 3 heteroatoms. The maximum absolute atomic E-state index is 9.77. The fraction of sp³-hybridized carbons (Fsp3) is 0.500. The maximum atomic E-state index is 9.77. The van der Waals surface area contributed by atoms with Crippen molar-refractivity contribution in [3.05, 3.63) is 7.11 Å². The van der Waals surface area contributed by atoms with Crippen LogP contribution in [0.25, 0.3) is 0 Å². The molecule has 1 atom stereocenters. The Morgan fingerprint density at radius 2 is 2.43 bits per heavy atom. The van der Waals surface area contributed by atoms with Gasteiger partial charge in [-0.15, -0.1) is 0 Å². The summed E-state index contributed by atoms with van der Waals surface area (Å²) in [5.74, 6) is -0.991. The summed E-state index contributed by atoms with van der Waals surface area (Å²) in [6.07, 6.45) is -0.792. The van der Waals surface area contributed by atoms with E-state index < -0.39 is 12.1 Å². The van der Waals surface area contributed by atoms with Crippen LogP contribution in [0.5, 0.6) is 0 Å². The van der Waals surface area contributed by atoms with Crippen molar-refractivity contribution in [3.8, 4) is 0 Å². The predicted octanol–water partition coefficient (Wildman–Crippen LogP) is 0.268. The zero-order chi connectivity index (χ0) is 5.86. The second-order valence-electron chi connectivity index (χ2n) is 1.15. The van der Waals surface area contributed by atoms with Gasteiger partial charge in [0.1, 0.15) is 0 Å². The molecule has 0 saturated carbocycles. The highest BCUT2D eigenvalue weighted by Gasteiger charge is 2.06. The summed E-state index contributed by atoms with van der Waals surface area (Å²) >= 11 is 0. The van der Waals surface area contributed by atoms with Crippen molar-refractivity contribution in [2.45, 2.75) is 13.0 Å². The lowest BCUT2D eigenvalue weighted by Gasteiger charge is -1.98. The smallest absolute Gasteiger partial charge is 0.332 e. The van der Waals surface area contributed by atoms with E-state index in [9.17, 15) is 4.79 Å². The molecule has 0 aromatic rings. The molecular formula is C4H7O3. The van der Waals surface area contributed by atoms with E-state index in [1.54, 1.807) is 0 Å². The Morgan fingerprint density at radius 3 is 2.43 bits per heavy atom. The Bertz CT molecular complexity index is 69.3. The van der Waals surface area contributed by atoms with Gasteiger partial charge in [0.05, 0.1) is 7.11 Å². The molecule has 0 amide bonds. The predicted molar refractivity (Wildman–Crippen MR) is 23.5 cm³/mol. The third kappa shape index (κ3) is 2.17. The highest BCUT2D eigenvalue weighted by atomic mass is 16.5. The van der Waals surface area contributed by atoms with Gasteiger partial charge < -0.3 is 9.84 Å². The monoisotopic (exact) mass is 103 g/mol. The molecule has 0 aliphatic heterocycles. The average molecular weight is 103 g/mol. The minimum Gasteiger partial charge on any atom is -0.479 e. The fourth-order valence-electron chi connectivity index (χ4n) is 0.0713. The summed E-state index contributed by atoms with van der Waals surface area (Å²) in [5, 5.41) is 8.02. The summed E-state index contributed by atoms with van der Waals surface area (Å²) in [7, 11) is 2.93. The Labute approximate surface area is 41.9 Å². The molecule has 1 unspecified atom stereocenters. The Morgan fingerprint density at radius 1 is 2.00 bits per heavy atom. The van der Waals surface area contributed by atoms with E-state index in [0.717, 1.165) is 0 Å². The standard InChI is InChI=1S/C4H7O3/c1-3(7-2)4(5)6/h3H,2H2,1H3,(H,5,6). The second kappa shape index (κ2) is 2.58. The van der Waals surface area contributed by atoms with Crippen molar-refractivity contribution in [3.63, 3.8) is 0 Å². The molecule has 0 aromatic heterocycles. The molecule has 0 aliphatic carbocycles. The molecule has 7 heavy (non-hydrogen) atoms. The molecule has 1 radical (unpaired) electrons. The van der Waals surface area contributed by atoms with E-state index in [2.05, 4.69) is 11.8 Å². The lowest BCUT2D eigenvalue weighted by Crippen LogP contribution is -2.16. The first-order valence-electron chi connectivity index (χ1n) is 1.82. The lowest BCUT2D eigenvalue weighted by molar-refractivity contribution is -0.146. The molecule has 0 aliphatic rings. The number of rotatable bonds is 2. The summed E-state index contributed by atoms with van der Waals surface area (Å²) in [5.41, 5.74) is 0. The zero-order valence-electron chi connectivity index (χ0n) is 4.05. The Hall–Kier alpha value is -0.570. The number of carboxylic acid groups (broad SMARTS) is 1. The van der Waals surface area contributed by atoms with Gasteiger partial charge in [-0.05, 0) is 6.92 Å². The van der Waals surface area contributed by atoms with E-state index in [1.807, 2.05) is 0 Å². The van der Waals surface area contributed by atoms with E-state index in [1.165, 1.54) is 6.92 Å². The van der Waals surface area contributed by atoms with Crippen molar-refractivity contribution < 1.29 is 14.6 Å². The minimum atomic E-state index is -0.991. The molecule has 3 nitrogen and oxygen atoms in total. The van der Waals surface area contributed by atoms with Crippen molar-refractivity contribution in [1.29, 1.82) is 0 Å². The van der Waals surface area contributed by atoms with Gasteiger partial charge >= 0.3 is 5.97 Å². The van der Waals surface area contributed by atoms with Crippen LogP contribution in [0, 0.1) is 7.11 Å². The third-order valence-electron chi connectivity index (χ3n) is 0.598. The van der Waals surface area contributed by atoms with Gasteiger partial charge in [0.25, 0.3) is 0 Å². The normalized spacial score (nSPS) is 13.4. The molecule has 0 saturated heterocycles. The number of carboxylic acids is 1. The molecule has 0 bridgehead atoms. The highest BCUT2D eigenvalue weighted by Crippen LogP contribution is 1.85. The molecule has 41 valence electrons. The van der Waals surface area contributed by atoms with Crippen molar-refractivity contribution >= 4 is 5.97 Å². The van der Waals surface area contributed by atoms with Gasteiger partial charge in [-0.1, -0.05) is 0 Å². The van der Waals surface area contributed by atoms with Crippen LogP contribution in [0.2, 0.25) is 0 Å². The lowest BCUT2D eigenvalue weighted by atomic mass is 10.4. The van der Waals surface area contributed by atoms with Crippen LogP contribution >= 0.6 is 0 Å². The molecular weight excluding hydrogens is 96.0 g/mol. The zero-order valence-corrected chi connectivity index (χ0v) is 4.05. The van der Waals surface area contributed by atoms with Crippen LogP contribution in [0.3, 0.4) is 0 Å². The number of hydrogen-bond donors (Lipinski definition) is 1. The summed E-state index contributed by atoms with van der Waals surface area (Å²) in [4.78, 5) is 9.77. The second-order valence-corrected chi connectivity index (χ2v) is 1.15. The van der Waals surface area contributed by atoms with Crippen LogP contribution in [0.1, 0.15) is 6.92 Å². The van der Waals surface area contributed by atoms with Crippen LogP contribution in [0.4, 0.5) is 0 Å². The van der Waals surface area contributed by atoms with Gasteiger partial charge in [0.2, 0.25) is 0 Å². The van der Waals surface area contributed by atoms with Gasteiger partial charge in [-0.2, -0.15) is 0 Å². The van der Waals surface area contributed by atoms with Gasteiger partial charge in [-0.25, -0.2) is 4.79 Å². The first-order valence-corrected chi connectivity index (χ1v) is 1.82. The van der Waals surface area contributed by atoms with Crippen LogP contribution in [-0.2, 0) is 9.53 Å². The molecule has 0 heterocycles. The molecule has 0 rings (SSSR count). The number of hydrogen-bond acceptors (Lipinski definition) is 2. The molecule has 0 spiro atoms. The van der Waals surface area contributed by atoms with Crippen LogP contribution in [-0.4, -0.2) is 17.2 Å². The van der Waals surface area contributed by atoms with E-state index in [0.29, 0.717) is 0 Å². The van der Waals surface area contributed by atoms with Gasteiger partial charge in [0, 0.05) is 0 Å². The highest BCUT2D eigenvalue weighted by molar-refractivity contribution is 5.71. The van der Waals surface area contributed by atoms with Gasteiger partial charge in [-0.3, -0.25) is 0 Å². The van der Waals surface area contributed by atoms with Gasteiger partial charge in [0.15, 0.2) is 6.10 Å². The van der Waals surface area contributed by atoms with E-state index in [-0.39, 0.29) is 0 Å². The topological polar surface area (TPSA) is 46.5 Å². The maximum Gasteiger partial charge on any atom is 0.332 e. The molecule has 1 N–H and O–H groups in total. The Balaban J connectivity index is 3.34. The summed E-state index contributed by atoms with van der Waals surface area (Å²) in [6.45, 7) is 1.41. The van der Waals surface area contributed by atoms with Crippen molar-refractivity contribution in [2.75, 3.05) is 0 Å². The van der Waals surface area contributed by atoms with E-state index in [4.69, 9.17) is 5.11 Å². The number of carbonyl (C=O) groups is 1. The quantitative estimate of drug-likeness (QED) is 0.545. The first-order chi connectivity index (χ1) is 3.18. The Kier molecular flexibility index (Phi) is 2.37. The van der Waals surface area contributed by atoms with E-state index >= 15 is 0 Å². The first kappa shape index (κ1) is 6.43. The number of ether oxygens (including phenoxy) is 1. The number of aliphatic carboxylic acids is 1. The SMILES string of the molecule is [CH2]OC(C)C(=O)O. The average Bonchev–Trinajstić information content (AvgIpc) is 1.65. The molecule has 0 fully saturated rings. The third-order valence-corrected chi connectivity index (χ3v) is 0.598. The summed E-state index contributed by atoms with van der Waals surface area (Å²) < 4.78 is 4.16.